The summed E-state index contributed by atoms with van der Waals surface area (Å²) in [5.41, 5.74) is 9.58. The third kappa shape index (κ3) is 3.48. The van der Waals surface area contributed by atoms with Crippen LogP contribution in [0.2, 0.25) is 0 Å². The first-order valence-electron chi connectivity index (χ1n) is 6.87. The van der Waals surface area contributed by atoms with Gasteiger partial charge in [-0.3, -0.25) is 9.98 Å². The van der Waals surface area contributed by atoms with Crippen molar-refractivity contribution in [3.05, 3.63) is 77.9 Å². The number of thiophene rings is 1. The molecule has 22 heavy (non-hydrogen) atoms. The lowest BCUT2D eigenvalue weighted by atomic mass is 10.1. The summed E-state index contributed by atoms with van der Waals surface area (Å²) in [6.07, 6.45) is 7.09. The zero-order valence-corrected chi connectivity index (χ0v) is 12.7. The third-order valence-corrected chi connectivity index (χ3v) is 4.03. The quantitative estimate of drug-likeness (QED) is 0.721. The summed E-state index contributed by atoms with van der Waals surface area (Å²) in [6.45, 7) is 0. The van der Waals surface area contributed by atoms with E-state index in [1.54, 1.807) is 29.8 Å². The number of pyridine rings is 1. The van der Waals surface area contributed by atoms with Crippen LogP contribution in [-0.2, 0) is 0 Å². The highest BCUT2D eigenvalue weighted by Crippen LogP contribution is 2.26. The minimum Gasteiger partial charge on any atom is -0.398 e. The maximum Gasteiger partial charge on any atom is 0.0819 e. The van der Waals surface area contributed by atoms with Crippen LogP contribution in [0.3, 0.4) is 0 Å². The van der Waals surface area contributed by atoms with Gasteiger partial charge >= 0.3 is 0 Å². The van der Waals surface area contributed by atoms with Crippen LogP contribution in [0, 0.1) is 0 Å². The molecule has 2 heterocycles. The van der Waals surface area contributed by atoms with E-state index in [4.69, 9.17) is 5.73 Å². The van der Waals surface area contributed by atoms with Gasteiger partial charge in [0.2, 0.25) is 0 Å². The summed E-state index contributed by atoms with van der Waals surface area (Å²) >= 11 is 1.69. The molecule has 0 saturated heterocycles. The van der Waals surface area contributed by atoms with Crippen LogP contribution in [0.5, 0.6) is 0 Å². The predicted octanol–water partition coefficient (Wildman–Crippen LogP) is 4.51. The fourth-order valence-corrected chi connectivity index (χ4v) is 2.72. The molecule has 3 aromatic rings. The Labute approximate surface area is 133 Å². The Morgan fingerprint density at radius 3 is 2.73 bits per heavy atom. The maximum absolute atomic E-state index is 6.02. The molecule has 0 aliphatic heterocycles. The molecule has 0 aliphatic carbocycles. The molecule has 0 saturated carbocycles. The van der Waals surface area contributed by atoms with E-state index in [0.717, 1.165) is 16.8 Å². The first kappa shape index (κ1) is 14.2. The predicted molar refractivity (Wildman–Crippen MR) is 94.3 cm³/mol. The standard InChI is InChI=1S/C18H15N3S/c19-17(14-5-2-1-3-6-14)8-9-21-16-11-15(12-20-13-16)18-7-4-10-22-18/h1-13H,19H2. The van der Waals surface area contributed by atoms with Gasteiger partial charge < -0.3 is 5.73 Å². The van der Waals surface area contributed by atoms with Crippen molar-refractivity contribution in [1.82, 2.24) is 4.98 Å². The lowest BCUT2D eigenvalue weighted by Gasteiger charge is -1.99. The van der Waals surface area contributed by atoms with Gasteiger partial charge in [0.15, 0.2) is 0 Å². The molecule has 2 N–H and O–H groups in total. The van der Waals surface area contributed by atoms with Crippen molar-refractivity contribution < 1.29 is 0 Å². The minimum absolute atomic E-state index is 0.687. The van der Waals surface area contributed by atoms with E-state index < -0.39 is 0 Å². The smallest absolute Gasteiger partial charge is 0.0819 e. The number of hydrogen-bond donors (Lipinski definition) is 1. The fraction of sp³-hybridized carbons (Fsp3) is 0. The number of rotatable bonds is 4. The second kappa shape index (κ2) is 6.83. The van der Waals surface area contributed by atoms with Crippen LogP contribution < -0.4 is 5.73 Å². The van der Waals surface area contributed by atoms with Gasteiger partial charge in [-0.15, -0.1) is 11.3 Å². The van der Waals surface area contributed by atoms with Gasteiger partial charge in [-0.2, -0.15) is 0 Å². The summed E-state index contributed by atoms with van der Waals surface area (Å²) in [5, 5.41) is 2.05. The number of allylic oxidation sites excluding steroid dienone is 1. The number of aliphatic imine (C=N–C) groups is 1. The molecule has 0 radical (unpaired) electrons. The molecule has 0 bridgehead atoms. The number of aromatic nitrogens is 1. The molecule has 0 unspecified atom stereocenters. The van der Waals surface area contributed by atoms with Gasteiger partial charge in [0.25, 0.3) is 0 Å². The Hall–Kier alpha value is -2.72. The summed E-state index contributed by atoms with van der Waals surface area (Å²) in [6, 6.07) is 15.9. The molecule has 1 aromatic carbocycles. The van der Waals surface area contributed by atoms with Crippen LogP contribution in [0.4, 0.5) is 5.69 Å². The molecule has 3 rings (SSSR count). The third-order valence-electron chi connectivity index (χ3n) is 3.11. The zero-order valence-electron chi connectivity index (χ0n) is 11.9. The second-order valence-electron chi connectivity index (χ2n) is 4.68. The van der Waals surface area contributed by atoms with E-state index in [-0.39, 0.29) is 0 Å². The SMILES string of the molecule is NC(=CC=Nc1cncc(-c2cccs2)c1)c1ccccc1. The molecule has 108 valence electrons. The van der Waals surface area contributed by atoms with E-state index in [2.05, 4.69) is 21.4 Å². The van der Waals surface area contributed by atoms with Gasteiger partial charge in [0.1, 0.15) is 0 Å². The first-order valence-corrected chi connectivity index (χ1v) is 7.75. The lowest BCUT2D eigenvalue weighted by Crippen LogP contribution is -1.95. The second-order valence-corrected chi connectivity index (χ2v) is 5.62. The van der Waals surface area contributed by atoms with Gasteiger partial charge in [-0.1, -0.05) is 36.4 Å². The average Bonchev–Trinajstić information content (AvgIpc) is 3.10. The highest BCUT2D eigenvalue weighted by molar-refractivity contribution is 7.13. The number of benzene rings is 1. The van der Waals surface area contributed by atoms with Crippen LogP contribution in [0.15, 0.2) is 77.4 Å². The minimum atomic E-state index is 0.687. The molecule has 0 aliphatic rings. The molecular weight excluding hydrogens is 290 g/mol. The van der Waals surface area contributed by atoms with Crippen LogP contribution in [0.25, 0.3) is 16.1 Å². The monoisotopic (exact) mass is 305 g/mol. The summed E-state index contributed by atoms with van der Waals surface area (Å²) in [4.78, 5) is 9.82. The van der Waals surface area contributed by atoms with E-state index in [0.29, 0.717) is 5.70 Å². The summed E-state index contributed by atoms with van der Waals surface area (Å²) < 4.78 is 0. The highest BCUT2D eigenvalue weighted by atomic mass is 32.1. The van der Waals surface area contributed by atoms with E-state index >= 15 is 0 Å². The Bertz CT molecular complexity index is 790. The Balaban J connectivity index is 1.77. The van der Waals surface area contributed by atoms with Crippen LogP contribution in [0.1, 0.15) is 5.56 Å². The Morgan fingerprint density at radius 1 is 1.09 bits per heavy atom. The normalized spacial score (nSPS) is 11.9. The molecule has 0 atom stereocenters. The lowest BCUT2D eigenvalue weighted by molar-refractivity contribution is 1.31. The summed E-state index contributed by atoms with van der Waals surface area (Å²) in [7, 11) is 0. The molecule has 0 spiro atoms. The molecule has 2 aromatic heterocycles. The highest BCUT2D eigenvalue weighted by Gasteiger charge is 1.99. The van der Waals surface area contributed by atoms with Crippen molar-refractivity contribution in [3.8, 4) is 10.4 Å². The van der Waals surface area contributed by atoms with Gasteiger partial charge in [0.05, 0.1) is 11.9 Å². The molecule has 3 nitrogen and oxygen atoms in total. The summed E-state index contributed by atoms with van der Waals surface area (Å²) in [5.74, 6) is 0. The maximum atomic E-state index is 6.02. The fourth-order valence-electron chi connectivity index (χ4n) is 2.01. The zero-order chi connectivity index (χ0) is 15.2. The van der Waals surface area contributed by atoms with Gasteiger partial charge in [0, 0.05) is 28.5 Å². The molecule has 0 fully saturated rings. The van der Waals surface area contributed by atoms with Crippen LogP contribution >= 0.6 is 11.3 Å². The van der Waals surface area contributed by atoms with Crippen LogP contribution in [-0.4, -0.2) is 11.2 Å². The first-order chi connectivity index (χ1) is 10.8. The largest absolute Gasteiger partial charge is 0.398 e. The van der Waals surface area contributed by atoms with Crippen molar-refractivity contribution in [2.24, 2.45) is 10.7 Å². The van der Waals surface area contributed by atoms with Crippen molar-refractivity contribution in [1.29, 1.82) is 0 Å². The van der Waals surface area contributed by atoms with Crippen molar-refractivity contribution in [3.63, 3.8) is 0 Å². The number of hydrogen-bond acceptors (Lipinski definition) is 4. The topological polar surface area (TPSA) is 51.3 Å². The van der Waals surface area contributed by atoms with E-state index in [9.17, 15) is 0 Å². The molecular formula is C18H15N3S. The van der Waals surface area contributed by atoms with Gasteiger partial charge in [-0.25, -0.2) is 0 Å². The molecule has 0 amide bonds. The van der Waals surface area contributed by atoms with E-state index in [1.807, 2.05) is 48.7 Å². The Morgan fingerprint density at radius 2 is 1.95 bits per heavy atom. The Kier molecular flexibility index (Phi) is 4.41. The van der Waals surface area contributed by atoms with Crippen molar-refractivity contribution >= 4 is 28.9 Å². The van der Waals surface area contributed by atoms with Gasteiger partial charge in [-0.05, 0) is 29.2 Å². The van der Waals surface area contributed by atoms with Crippen molar-refractivity contribution in [2.45, 2.75) is 0 Å². The van der Waals surface area contributed by atoms with Crippen molar-refractivity contribution in [2.75, 3.05) is 0 Å². The number of nitrogens with zero attached hydrogens (tertiary/aromatic N) is 2. The number of nitrogens with two attached hydrogens (primary N) is 1. The average molecular weight is 305 g/mol. The molecule has 4 heteroatoms. The van der Waals surface area contributed by atoms with E-state index in [1.165, 1.54) is 4.88 Å².